The van der Waals surface area contributed by atoms with Gasteiger partial charge in [0.15, 0.2) is 11.5 Å². The van der Waals surface area contributed by atoms with Gasteiger partial charge in [0.1, 0.15) is 22.5 Å². The first-order valence-corrected chi connectivity index (χ1v) is 16.2. The molecule has 254 valence electrons. The second kappa shape index (κ2) is 16.8. The molecule has 0 aromatic heterocycles. The van der Waals surface area contributed by atoms with E-state index in [-0.39, 0.29) is 11.4 Å². The first kappa shape index (κ1) is 35.2. The van der Waals surface area contributed by atoms with Gasteiger partial charge in [0.05, 0.1) is 27.0 Å². The van der Waals surface area contributed by atoms with Gasteiger partial charge in [-0.1, -0.05) is 60.7 Å². The summed E-state index contributed by atoms with van der Waals surface area (Å²) in [6.45, 7) is 0. The van der Waals surface area contributed by atoms with Crippen LogP contribution in [0.1, 0.15) is 26.7 Å². The van der Waals surface area contributed by atoms with Crippen molar-refractivity contribution in [3.8, 4) is 17.2 Å². The number of anilines is 2. The van der Waals surface area contributed by atoms with Gasteiger partial charge >= 0.3 is 0 Å². The van der Waals surface area contributed by atoms with Crippen molar-refractivity contribution in [2.45, 2.75) is 10.1 Å². The maximum absolute atomic E-state index is 14.3. The molecule has 5 aromatic rings. The van der Waals surface area contributed by atoms with Gasteiger partial charge in [0.2, 0.25) is 5.91 Å². The molecule has 0 fully saturated rings. The van der Waals surface area contributed by atoms with E-state index in [0.29, 0.717) is 34.1 Å². The van der Waals surface area contributed by atoms with Gasteiger partial charge in [-0.2, -0.15) is 0 Å². The van der Waals surface area contributed by atoms with E-state index in [0.717, 1.165) is 10.5 Å². The minimum absolute atomic E-state index is 0.0585. The lowest BCUT2D eigenvalue weighted by atomic mass is 10.1. The number of benzene rings is 5. The lowest BCUT2D eigenvalue weighted by Crippen LogP contribution is -2.30. The second-order valence-corrected chi connectivity index (χ2v) is 11.9. The molecular formula is C39H34FN3O6S. The maximum atomic E-state index is 14.3. The van der Waals surface area contributed by atoms with E-state index in [2.05, 4.69) is 16.0 Å². The fraction of sp³-hybridized carbons (Fsp3) is 0.103. The molecule has 11 heteroatoms. The van der Waals surface area contributed by atoms with Crippen molar-refractivity contribution in [3.63, 3.8) is 0 Å². The van der Waals surface area contributed by atoms with Gasteiger partial charge in [-0.15, -0.1) is 11.8 Å². The minimum atomic E-state index is -0.699. The molecule has 3 N–H and O–H groups in total. The van der Waals surface area contributed by atoms with Crippen molar-refractivity contribution in [2.24, 2.45) is 0 Å². The highest BCUT2D eigenvalue weighted by Crippen LogP contribution is 2.38. The lowest BCUT2D eigenvalue weighted by Gasteiger charge is -2.18. The summed E-state index contributed by atoms with van der Waals surface area (Å²) in [4.78, 5) is 41.0. The predicted molar refractivity (Wildman–Crippen MR) is 193 cm³/mol. The first-order chi connectivity index (χ1) is 24.3. The van der Waals surface area contributed by atoms with Gasteiger partial charge in [-0.25, -0.2) is 4.39 Å². The largest absolute Gasteiger partial charge is 0.496 e. The molecule has 0 aliphatic rings. The molecule has 5 rings (SSSR count). The lowest BCUT2D eigenvalue weighted by molar-refractivity contribution is -0.116. The van der Waals surface area contributed by atoms with E-state index in [1.54, 1.807) is 78.9 Å². The molecule has 0 spiro atoms. The Balaban J connectivity index is 1.39. The molecule has 0 heterocycles. The Morgan fingerprint density at radius 1 is 0.700 bits per heavy atom. The molecule has 1 unspecified atom stereocenters. The molecule has 0 radical (unpaired) electrons. The number of thioether (sulfide) groups is 1. The topological polar surface area (TPSA) is 115 Å². The van der Waals surface area contributed by atoms with Crippen LogP contribution in [-0.4, -0.2) is 39.1 Å². The van der Waals surface area contributed by atoms with Crippen LogP contribution < -0.4 is 30.2 Å². The Hall–Kier alpha value is -6.07. The molecule has 50 heavy (non-hydrogen) atoms. The Labute approximate surface area is 293 Å². The summed E-state index contributed by atoms with van der Waals surface area (Å²) >= 11 is 1.28. The van der Waals surface area contributed by atoms with Gasteiger partial charge in [-0.3, -0.25) is 14.4 Å². The summed E-state index contributed by atoms with van der Waals surface area (Å²) in [5.41, 5.74) is 2.02. The summed E-state index contributed by atoms with van der Waals surface area (Å²) < 4.78 is 30.7. The number of carbonyl (C=O) groups is 3. The molecule has 0 aliphatic heterocycles. The van der Waals surface area contributed by atoms with Crippen molar-refractivity contribution in [2.75, 3.05) is 32.0 Å². The number of amides is 3. The van der Waals surface area contributed by atoms with Gasteiger partial charge in [0, 0.05) is 27.8 Å². The number of nitrogens with one attached hydrogen (secondary N) is 3. The third-order valence-corrected chi connectivity index (χ3v) is 8.67. The summed E-state index contributed by atoms with van der Waals surface area (Å²) in [6, 6.07) is 33.8. The average molecular weight is 692 g/mol. The third kappa shape index (κ3) is 8.88. The summed E-state index contributed by atoms with van der Waals surface area (Å²) in [5.74, 6) is -0.794. The van der Waals surface area contributed by atoms with Crippen molar-refractivity contribution >= 4 is 46.9 Å². The smallest absolute Gasteiger partial charge is 0.272 e. The monoisotopic (exact) mass is 691 g/mol. The van der Waals surface area contributed by atoms with Crippen molar-refractivity contribution in [1.29, 1.82) is 0 Å². The van der Waals surface area contributed by atoms with Crippen LogP contribution in [0.5, 0.6) is 17.2 Å². The minimum Gasteiger partial charge on any atom is -0.496 e. The van der Waals surface area contributed by atoms with Crippen molar-refractivity contribution < 1.29 is 33.0 Å². The molecule has 0 saturated heterocycles. The average Bonchev–Trinajstić information content (AvgIpc) is 3.15. The number of hydrogen-bond acceptors (Lipinski definition) is 7. The zero-order valence-electron chi connectivity index (χ0n) is 27.4. The van der Waals surface area contributed by atoms with Crippen LogP contribution in [0.25, 0.3) is 6.08 Å². The number of halogens is 1. The van der Waals surface area contributed by atoms with Crippen LogP contribution in [0.4, 0.5) is 15.8 Å². The summed E-state index contributed by atoms with van der Waals surface area (Å²) in [5, 5.41) is 7.54. The zero-order valence-corrected chi connectivity index (χ0v) is 28.3. The fourth-order valence-corrected chi connectivity index (χ4v) is 5.90. The van der Waals surface area contributed by atoms with Gasteiger partial charge < -0.3 is 30.2 Å². The standard InChI is InChI=1S/C39H34FN3O6S/c1-47-33-24-35(49-3)34(48-2)23-27(33)22-32(43-37(44)26-14-8-5-9-15-26)38(45)41-28-18-20-29(21-19-28)50-36(25-12-6-4-7-13-25)39(46)42-31-17-11-10-16-30(31)40/h4-24,36H,1-3H3,(H,41,45)(H,42,46)(H,43,44)/b32-22-. The van der Waals surface area contributed by atoms with E-state index in [1.165, 1.54) is 51.3 Å². The van der Waals surface area contributed by atoms with Crippen LogP contribution in [0.3, 0.4) is 0 Å². The number of carbonyl (C=O) groups excluding carboxylic acids is 3. The summed E-state index contributed by atoms with van der Waals surface area (Å²) in [6.07, 6.45) is 1.49. The van der Waals surface area contributed by atoms with Crippen LogP contribution in [0.15, 0.2) is 132 Å². The number of para-hydroxylation sites is 1. The second-order valence-electron chi connectivity index (χ2n) is 10.7. The quantitative estimate of drug-likeness (QED) is 0.0855. The number of ether oxygens (including phenoxy) is 3. The highest BCUT2D eigenvalue weighted by Gasteiger charge is 2.23. The zero-order chi connectivity index (χ0) is 35.5. The SMILES string of the molecule is COc1cc(OC)c(OC)cc1/C=C(\NC(=O)c1ccccc1)C(=O)Nc1ccc(SC(C(=O)Nc2ccccc2F)c2ccccc2)cc1. The molecule has 0 saturated carbocycles. The summed E-state index contributed by atoms with van der Waals surface area (Å²) in [7, 11) is 4.46. The first-order valence-electron chi connectivity index (χ1n) is 15.4. The van der Waals surface area contributed by atoms with E-state index in [9.17, 15) is 18.8 Å². The number of hydrogen-bond donors (Lipinski definition) is 3. The Kier molecular flexibility index (Phi) is 11.9. The molecule has 0 aliphatic carbocycles. The van der Waals surface area contributed by atoms with Crippen LogP contribution in [0, 0.1) is 5.82 Å². The molecule has 1 atom stereocenters. The highest BCUT2D eigenvalue weighted by atomic mass is 32.2. The van der Waals surface area contributed by atoms with Crippen molar-refractivity contribution in [1.82, 2.24) is 5.32 Å². The van der Waals surface area contributed by atoms with E-state index < -0.39 is 28.8 Å². The molecule has 9 nitrogen and oxygen atoms in total. The molecule has 5 aromatic carbocycles. The number of methoxy groups -OCH3 is 3. The maximum Gasteiger partial charge on any atom is 0.272 e. The third-order valence-electron chi connectivity index (χ3n) is 7.40. The van der Waals surface area contributed by atoms with E-state index in [1.807, 2.05) is 30.3 Å². The van der Waals surface area contributed by atoms with Crippen LogP contribution in [0.2, 0.25) is 0 Å². The van der Waals surface area contributed by atoms with Gasteiger partial charge in [-0.05, 0) is 66.2 Å². The number of rotatable bonds is 13. The van der Waals surface area contributed by atoms with E-state index in [4.69, 9.17) is 14.2 Å². The fourth-order valence-electron chi connectivity index (χ4n) is 4.88. The Bertz CT molecular complexity index is 1990. The highest BCUT2D eigenvalue weighted by molar-refractivity contribution is 8.00. The Morgan fingerprint density at radius 2 is 1.30 bits per heavy atom. The molecule has 0 bridgehead atoms. The molecular weight excluding hydrogens is 658 g/mol. The normalized spacial score (nSPS) is 11.6. The Morgan fingerprint density at radius 3 is 1.94 bits per heavy atom. The van der Waals surface area contributed by atoms with E-state index >= 15 is 0 Å². The predicted octanol–water partition coefficient (Wildman–Crippen LogP) is 7.73. The molecule has 3 amide bonds. The van der Waals surface area contributed by atoms with Crippen LogP contribution in [-0.2, 0) is 9.59 Å². The van der Waals surface area contributed by atoms with Crippen molar-refractivity contribution in [3.05, 3.63) is 150 Å². The van der Waals surface area contributed by atoms with Gasteiger partial charge in [0.25, 0.3) is 11.8 Å². The van der Waals surface area contributed by atoms with Crippen LogP contribution >= 0.6 is 11.8 Å².